The third-order valence-electron chi connectivity index (χ3n) is 3.71. The second kappa shape index (κ2) is 7.87. The maximum Gasteiger partial charge on any atom is 0.311 e. The van der Waals surface area contributed by atoms with Gasteiger partial charge in [0, 0.05) is 18.0 Å². The van der Waals surface area contributed by atoms with E-state index in [4.69, 9.17) is 4.74 Å². The van der Waals surface area contributed by atoms with E-state index in [-0.39, 0.29) is 16.7 Å². The average Bonchev–Trinajstić information content (AvgIpc) is 2.58. The summed E-state index contributed by atoms with van der Waals surface area (Å²) >= 11 is 0. The van der Waals surface area contributed by atoms with Crippen LogP contribution in [0.15, 0.2) is 24.4 Å². The molecule has 0 bridgehead atoms. The number of benzene rings is 1. The van der Waals surface area contributed by atoms with Gasteiger partial charge in [-0.05, 0) is 31.9 Å². The number of nitrogens with one attached hydrogen (secondary N) is 1. The van der Waals surface area contributed by atoms with E-state index in [2.05, 4.69) is 10.3 Å². The minimum Gasteiger partial charge on any atom is -0.379 e. The molecule has 1 aromatic carbocycles. The summed E-state index contributed by atoms with van der Waals surface area (Å²) in [5.74, 6) is 0. The molecule has 6 nitrogen and oxygen atoms in total. The Bertz CT molecular complexity index is 682. The third kappa shape index (κ3) is 3.96. The SMILES string of the molecule is CC.Cc1ccc2ncc([N+](=O)[O-])c(NC3CCCOC3)c2c1. The number of ether oxygens (including phenoxy) is 1. The topological polar surface area (TPSA) is 77.3 Å². The van der Waals surface area contributed by atoms with Gasteiger partial charge in [0.25, 0.3) is 0 Å². The first-order chi connectivity index (χ1) is 11.1. The van der Waals surface area contributed by atoms with Gasteiger partial charge in [0.15, 0.2) is 0 Å². The second-order valence-electron chi connectivity index (χ2n) is 5.35. The summed E-state index contributed by atoms with van der Waals surface area (Å²) in [7, 11) is 0. The van der Waals surface area contributed by atoms with Crippen LogP contribution in [0.3, 0.4) is 0 Å². The molecule has 1 aliphatic heterocycles. The van der Waals surface area contributed by atoms with Crippen molar-refractivity contribution in [3.05, 3.63) is 40.1 Å². The number of anilines is 1. The molecule has 0 saturated carbocycles. The summed E-state index contributed by atoms with van der Waals surface area (Å²) in [5.41, 5.74) is 2.36. The maximum atomic E-state index is 11.3. The number of nitro groups is 1. The van der Waals surface area contributed by atoms with Crippen molar-refractivity contribution in [3.8, 4) is 0 Å². The van der Waals surface area contributed by atoms with E-state index in [1.54, 1.807) is 0 Å². The molecule has 2 heterocycles. The van der Waals surface area contributed by atoms with Crippen LogP contribution in [-0.4, -0.2) is 29.2 Å². The molecule has 1 atom stereocenters. The summed E-state index contributed by atoms with van der Waals surface area (Å²) in [6.07, 6.45) is 3.24. The quantitative estimate of drug-likeness (QED) is 0.682. The smallest absolute Gasteiger partial charge is 0.311 e. The molecule has 1 saturated heterocycles. The highest BCUT2D eigenvalue weighted by Crippen LogP contribution is 2.33. The number of pyridine rings is 1. The molecule has 1 N–H and O–H groups in total. The molecular weight excluding hydrogens is 294 g/mol. The summed E-state index contributed by atoms with van der Waals surface area (Å²) in [5, 5.41) is 15.4. The molecule has 3 rings (SSSR count). The van der Waals surface area contributed by atoms with Gasteiger partial charge in [0.05, 0.1) is 17.0 Å². The molecule has 0 amide bonds. The van der Waals surface area contributed by atoms with Crippen LogP contribution in [0.1, 0.15) is 32.3 Å². The van der Waals surface area contributed by atoms with Crippen molar-refractivity contribution in [2.75, 3.05) is 18.5 Å². The lowest BCUT2D eigenvalue weighted by atomic mass is 10.1. The normalized spacial score (nSPS) is 17.3. The molecule has 0 radical (unpaired) electrons. The Morgan fingerprint density at radius 2 is 2.17 bits per heavy atom. The van der Waals surface area contributed by atoms with Crippen molar-refractivity contribution in [1.82, 2.24) is 4.98 Å². The van der Waals surface area contributed by atoms with Gasteiger partial charge in [0.1, 0.15) is 11.9 Å². The Hall–Kier alpha value is -2.21. The highest BCUT2D eigenvalue weighted by Gasteiger charge is 2.22. The fourth-order valence-electron chi connectivity index (χ4n) is 2.64. The Morgan fingerprint density at radius 3 is 2.83 bits per heavy atom. The molecular formula is C17H23N3O3. The molecule has 0 spiro atoms. The van der Waals surface area contributed by atoms with E-state index >= 15 is 0 Å². The van der Waals surface area contributed by atoms with Crippen molar-refractivity contribution in [3.63, 3.8) is 0 Å². The van der Waals surface area contributed by atoms with E-state index < -0.39 is 0 Å². The Morgan fingerprint density at radius 1 is 1.39 bits per heavy atom. The van der Waals surface area contributed by atoms with Gasteiger partial charge >= 0.3 is 5.69 Å². The minimum atomic E-state index is -0.388. The second-order valence-corrected chi connectivity index (χ2v) is 5.35. The number of aryl methyl sites for hydroxylation is 1. The molecule has 1 aromatic heterocycles. The number of nitrogens with zero attached hydrogens (tertiary/aromatic N) is 2. The first kappa shape index (κ1) is 17.1. The van der Waals surface area contributed by atoms with Gasteiger partial charge in [0.2, 0.25) is 0 Å². The fourth-order valence-corrected chi connectivity index (χ4v) is 2.64. The number of hydrogen-bond acceptors (Lipinski definition) is 5. The van der Waals surface area contributed by atoms with Gasteiger partial charge in [-0.1, -0.05) is 25.5 Å². The van der Waals surface area contributed by atoms with E-state index in [0.717, 1.165) is 35.9 Å². The molecule has 0 aliphatic carbocycles. The lowest BCUT2D eigenvalue weighted by Crippen LogP contribution is -2.30. The van der Waals surface area contributed by atoms with Crippen LogP contribution in [0.25, 0.3) is 10.9 Å². The number of fused-ring (bicyclic) bond motifs is 1. The van der Waals surface area contributed by atoms with Crippen LogP contribution in [0.5, 0.6) is 0 Å². The highest BCUT2D eigenvalue weighted by molar-refractivity contribution is 5.96. The van der Waals surface area contributed by atoms with Crippen LogP contribution >= 0.6 is 0 Å². The molecule has 124 valence electrons. The fraction of sp³-hybridized carbons (Fsp3) is 0.471. The molecule has 2 aromatic rings. The van der Waals surface area contributed by atoms with Crippen LogP contribution in [-0.2, 0) is 4.74 Å². The zero-order chi connectivity index (χ0) is 16.8. The van der Waals surface area contributed by atoms with E-state index in [1.165, 1.54) is 6.20 Å². The lowest BCUT2D eigenvalue weighted by Gasteiger charge is -2.24. The molecule has 6 heteroatoms. The Labute approximate surface area is 136 Å². The third-order valence-corrected chi connectivity index (χ3v) is 3.71. The summed E-state index contributed by atoms with van der Waals surface area (Å²) < 4.78 is 5.44. The molecule has 23 heavy (non-hydrogen) atoms. The van der Waals surface area contributed by atoms with Gasteiger partial charge in [-0.3, -0.25) is 10.1 Å². The van der Waals surface area contributed by atoms with Gasteiger partial charge < -0.3 is 10.1 Å². The van der Waals surface area contributed by atoms with Crippen molar-refractivity contribution in [2.24, 2.45) is 0 Å². The zero-order valence-corrected chi connectivity index (χ0v) is 13.8. The number of hydrogen-bond donors (Lipinski definition) is 1. The van der Waals surface area contributed by atoms with Gasteiger partial charge in [-0.2, -0.15) is 0 Å². The molecule has 1 aliphatic rings. The van der Waals surface area contributed by atoms with E-state index in [9.17, 15) is 10.1 Å². The summed E-state index contributed by atoms with van der Waals surface area (Å²) in [6.45, 7) is 7.30. The summed E-state index contributed by atoms with van der Waals surface area (Å²) in [4.78, 5) is 15.1. The first-order valence-corrected chi connectivity index (χ1v) is 8.03. The Balaban J connectivity index is 0.000000924. The van der Waals surface area contributed by atoms with E-state index in [1.807, 2.05) is 39.0 Å². The molecule has 1 unspecified atom stereocenters. The van der Waals surface area contributed by atoms with Crippen molar-refractivity contribution >= 4 is 22.3 Å². The monoisotopic (exact) mass is 317 g/mol. The average molecular weight is 317 g/mol. The number of aromatic nitrogens is 1. The van der Waals surface area contributed by atoms with Crippen LogP contribution < -0.4 is 5.32 Å². The lowest BCUT2D eigenvalue weighted by molar-refractivity contribution is -0.384. The predicted octanol–water partition coefficient (Wildman–Crippen LogP) is 4.07. The Kier molecular flexibility index (Phi) is 5.87. The van der Waals surface area contributed by atoms with Crippen LogP contribution in [0, 0.1) is 17.0 Å². The minimum absolute atomic E-state index is 0.0127. The van der Waals surface area contributed by atoms with E-state index in [0.29, 0.717) is 12.3 Å². The van der Waals surface area contributed by atoms with Crippen LogP contribution in [0.2, 0.25) is 0 Å². The van der Waals surface area contributed by atoms with Gasteiger partial charge in [-0.15, -0.1) is 0 Å². The van der Waals surface area contributed by atoms with Crippen molar-refractivity contribution in [1.29, 1.82) is 0 Å². The predicted molar refractivity (Wildman–Crippen MR) is 91.9 cm³/mol. The molecule has 1 fully saturated rings. The summed E-state index contributed by atoms with van der Waals surface area (Å²) in [6, 6.07) is 5.87. The maximum absolute atomic E-state index is 11.3. The largest absolute Gasteiger partial charge is 0.379 e. The van der Waals surface area contributed by atoms with Crippen molar-refractivity contribution in [2.45, 2.75) is 39.7 Å². The standard InChI is InChI=1S/C15H17N3O3.C2H6/c1-10-4-5-13-12(7-10)15(14(8-16-13)18(19)20)17-11-3-2-6-21-9-11;1-2/h4-5,7-8,11H,2-3,6,9H2,1H3,(H,16,17);1-2H3. The first-order valence-electron chi connectivity index (χ1n) is 8.03. The van der Waals surface area contributed by atoms with Crippen molar-refractivity contribution < 1.29 is 9.66 Å². The number of rotatable bonds is 3. The highest BCUT2D eigenvalue weighted by atomic mass is 16.6. The zero-order valence-electron chi connectivity index (χ0n) is 13.8. The van der Waals surface area contributed by atoms with Gasteiger partial charge in [-0.25, -0.2) is 4.98 Å². The van der Waals surface area contributed by atoms with Crippen LogP contribution in [0.4, 0.5) is 11.4 Å².